The number of methoxy groups -OCH3 is 1. The standard InChI is InChI=1S/C24H25NO5/c1-16-12-21(17(2)25(16)11-10-18-4-6-19(27-3)7-5-18)22(26)14-28-20-8-9-23-24(13-20)30-15-29-23/h4-9,12-13H,10-11,14-15H2,1-3H3. The smallest absolute Gasteiger partial charge is 0.231 e. The fourth-order valence-electron chi connectivity index (χ4n) is 3.65. The van der Waals surface area contributed by atoms with Gasteiger partial charge in [-0.25, -0.2) is 0 Å². The topological polar surface area (TPSA) is 58.9 Å². The van der Waals surface area contributed by atoms with Crippen LogP contribution < -0.4 is 18.9 Å². The summed E-state index contributed by atoms with van der Waals surface area (Å²) in [4.78, 5) is 12.8. The number of ketones is 1. The van der Waals surface area contributed by atoms with E-state index in [1.165, 1.54) is 5.56 Å². The highest BCUT2D eigenvalue weighted by atomic mass is 16.7. The van der Waals surface area contributed by atoms with Crippen LogP contribution in [0.5, 0.6) is 23.0 Å². The van der Waals surface area contributed by atoms with E-state index >= 15 is 0 Å². The van der Waals surface area contributed by atoms with Crippen molar-refractivity contribution in [1.82, 2.24) is 4.57 Å². The Morgan fingerprint density at radius 2 is 1.73 bits per heavy atom. The van der Waals surface area contributed by atoms with Crippen LogP contribution in [0.4, 0.5) is 0 Å². The Hall–Kier alpha value is -3.41. The molecular weight excluding hydrogens is 382 g/mol. The van der Waals surface area contributed by atoms with Gasteiger partial charge in [0.15, 0.2) is 18.1 Å². The SMILES string of the molecule is COc1ccc(CCn2c(C)cc(C(=O)COc3ccc4c(c3)OCO4)c2C)cc1. The molecule has 1 aliphatic heterocycles. The first kappa shape index (κ1) is 19.9. The third-order valence-electron chi connectivity index (χ3n) is 5.37. The molecule has 4 rings (SSSR count). The molecule has 156 valence electrons. The number of rotatable bonds is 8. The van der Waals surface area contributed by atoms with Crippen LogP contribution in [-0.2, 0) is 13.0 Å². The number of nitrogens with zero attached hydrogens (tertiary/aromatic N) is 1. The molecule has 2 heterocycles. The Bertz CT molecular complexity index is 1050. The second kappa shape index (κ2) is 8.53. The highest BCUT2D eigenvalue weighted by Gasteiger charge is 2.18. The van der Waals surface area contributed by atoms with Crippen molar-refractivity contribution in [1.29, 1.82) is 0 Å². The maximum absolute atomic E-state index is 12.8. The third-order valence-corrected chi connectivity index (χ3v) is 5.37. The van der Waals surface area contributed by atoms with Crippen LogP contribution in [0.25, 0.3) is 0 Å². The van der Waals surface area contributed by atoms with Crippen LogP contribution >= 0.6 is 0 Å². The summed E-state index contributed by atoms with van der Waals surface area (Å²) in [5.41, 5.74) is 3.94. The van der Waals surface area contributed by atoms with Crippen molar-refractivity contribution >= 4 is 5.78 Å². The predicted octanol–water partition coefficient (Wildman–Crippen LogP) is 4.35. The molecule has 0 atom stereocenters. The number of carbonyl (C=O) groups excluding carboxylic acids is 1. The van der Waals surface area contributed by atoms with Gasteiger partial charge in [-0.15, -0.1) is 0 Å². The predicted molar refractivity (Wildman–Crippen MR) is 113 cm³/mol. The number of benzene rings is 2. The van der Waals surface area contributed by atoms with E-state index in [1.54, 1.807) is 25.3 Å². The summed E-state index contributed by atoms with van der Waals surface area (Å²) in [7, 11) is 1.66. The molecule has 0 unspecified atom stereocenters. The zero-order valence-corrected chi connectivity index (χ0v) is 17.4. The molecule has 6 nitrogen and oxygen atoms in total. The maximum Gasteiger partial charge on any atom is 0.231 e. The second-order valence-corrected chi connectivity index (χ2v) is 7.26. The summed E-state index contributed by atoms with van der Waals surface area (Å²) in [5, 5.41) is 0. The summed E-state index contributed by atoms with van der Waals surface area (Å²) in [6.45, 7) is 4.99. The summed E-state index contributed by atoms with van der Waals surface area (Å²) in [6, 6.07) is 15.3. The lowest BCUT2D eigenvalue weighted by Gasteiger charge is -2.11. The molecule has 0 aliphatic carbocycles. The number of aromatic nitrogens is 1. The molecule has 0 radical (unpaired) electrons. The van der Waals surface area contributed by atoms with Crippen molar-refractivity contribution < 1.29 is 23.7 Å². The number of Topliss-reactive ketones (excluding diaryl/α,β-unsaturated/α-hetero) is 1. The zero-order chi connectivity index (χ0) is 21.1. The number of hydrogen-bond donors (Lipinski definition) is 0. The number of ether oxygens (including phenoxy) is 4. The molecule has 0 N–H and O–H groups in total. The van der Waals surface area contributed by atoms with Gasteiger partial charge < -0.3 is 23.5 Å². The first-order chi connectivity index (χ1) is 14.5. The van der Waals surface area contributed by atoms with Crippen LogP contribution in [0.2, 0.25) is 0 Å². The van der Waals surface area contributed by atoms with Gasteiger partial charge in [0.25, 0.3) is 0 Å². The molecule has 3 aromatic rings. The normalized spacial score (nSPS) is 12.1. The molecule has 0 fully saturated rings. The van der Waals surface area contributed by atoms with Gasteiger partial charge in [0.1, 0.15) is 11.5 Å². The Morgan fingerprint density at radius 3 is 2.50 bits per heavy atom. The van der Waals surface area contributed by atoms with Crippen LogP contribution in [0.3, 0.4) is 0 Å². The third kappa shape index (κ3) is 4.13. The first-order valence-corrected chi connectivity index (χ1v) is 9.90. The maximum atomic E-state index is 12.8. The minimum Gasteiger partial charge on any atom is -0.497 e. The Kier molecular flexibility index (Phi) is 5.65. The molecule has 0 saturated carbocycles. The average Bonchev–Trinajstić information content (AvgIpc) is 3.34. The summed E-state index contributed by atoms with van der Waals surface area (Å²) in [5.74, 6) is 2.71. The van der Waals surface area contributed by atoms with E-state index < -0.39 is 0 Å². The van der Waals surface area contributed by atoms with Crippen molar-refractivity contribution in [2.24, 2.45) is 0 Å². The molecule has 0 amide bonds. The van der Waals surface area contributed by atoms with Gasteiger partial charge in [-0.2, -0.15) is 0 Å². The van der Waals surface area contributed by atoms with Crippen LogP contribution in [0.1, 0.15) is 27.3 Å². The van der Waals surface area contributed by atoms with Gasteiger partial charge in [-0.1, -0.05) is 12.1 Å². The van der Waals surface area contributed by atoms with Crippen LogP contribution in [0, 0.1) is 13.8 Å². The first-order valence-electron chi connectivity index (χ1n) is 9.90. The van der Waals surface area contributed by atoms with Crippen LogP contribution in [0.15, 0.2) is 48.5 Å². The van der Waals surface area contributed by atoms with Gasteiger partial charge in [-0.05, 0) is 56.2 Å². The van der Waals surface area contributed by atoms with Crippen molar-refractivity contribution in [3.05, 3.63) is 71.0 Å². The minimum absolute atomic E-state index is 0.0254. The summed E-state index contributed by atoms with van der Waals surface area (Å²) < 4.78 is 23.7. The molecular formula is C24H25NO5. The average molecular weight is 407 g/mol. The van der Waals surface area contributed by atoms with E-state index in [4.69, 9.17) is 18.9 Å². The van der Waals surface area contributed by atoms with Crippen molar-refractivity contribution in [2.45, 2.75) is 26.8 Å². The number of fused-ring (bicyclic) bond motifs is 1. The lowest BCUT2D eigenvalue weighted by Crippen LogP contribution is -2.13. The van der Waals surface area contributed by atoms with E-state index in [-0.39, 0.29) is 19.2 Å². The van der Waals surface area contributed by atoms with E-state index in [0.717, 1.165) is 30.1 Å². The Labute approximate surface area is 175 Å². The minimum atomic E-state index is -0.0449. The highest BCUT2D eigenvalue weighted by molar-refractivity contribution is 5.98. The van der Waals surface area contributed by atoms with Gasteiger partial charge >= 0.3 is 0 Å². The van der Waals surface area contributed by atoms with E-state index in [1.807, 2.05) is 32.0 Å². The van der Waals surface area contributed by atoms with E-state index in [2.05, 4.69) is 16.7 Å². The molecule has 0 bridgehead atoms. The molecule has 6 heteroatoms. The molecule has 1 aliphatic rings. The van der Waals surface area contributed by atoms with Gasteiger partial charge in [0.2, 0.25) is 12.6 Å². The number of carbonyl (C=O) groups is 1. The van der Waals surface area contributed by atoms with E-state index in [0.29, 0.717) is 22.8 Å². The quantitative estimate of drug-likeness (QED) is 0.520. The molecule has 1 aromatic heterocycles. The molecule has 0 spiro atoms. The zero-order valence-electron chi connectivity index (χ0n) is 17.4. The van der Waals surface area contributed by atoms with Crippen molar-refractivity contribution in [3.63, 3.8) is 0 Å². The number of hydrogen-bond acceptors (Lipinski definition) is 5. The van der Waals surface area contributed by atoms with Crippen molar-refractivity contribution in [2.75, 3.05) is 20.5 Å². The number of aryl methyl sites for hydroxylation is 2. The fraction of sp³-hybridized carbons (Fsp3) is 0.292. The van der Waals surface area contributed by atoms with Gasteiger partial charge in [0, 0.05) is 29.6 Å². The van der Waals surface area contributed by atoms with Crippen LogP contribution in [-0.4, -0.2) is 30.9 Å². The summed E-state index contributed by atoms with van der Waals surface area (Å²) >= 11 is 0. The summed E-state index contributed by atoms with van der Waals surface area (Å²) in [6.07, 6.45) is 0.877. The van der Waals surface area contributed by atoms with E-state index in [9.17, 15) is 4.79 Å². The Balaban J connectivity index is 1.39. The highest BCUT2D eigenvalue weighted by Crippen LogP contribution is 2.35. The Morgan fingerprint density at radius 1 is 1.00 bits per heavy atom. The fourth-order valence-corrected chi connectivity index (χ4v) is 3.65. The van der Waals surface area contributed by atoms with Gasteiger partial charge in [-0.3, -0.25) is 4.79 Å². The largest absolute Gasteiger partial charge is 0.497 e. The second-order valence-electron chi connectivity index (χ2n) is 7.26. The van der Waals surface area contributed by atoms with Crippen molar-refractivity contribution in [3.8, 4) is 23.0 Å². The monoisotopic (exact) mass is 407 g/mol. The lowest BCUT2D eigenvalue weighted by molar-refractivity contribution is 0.0920. The molecule has 2 aromatic carbocycles. The molecule has 0 saturated heterocycles. The van der Waals surface area contributed by atoms with Gasteiger partial charge in [0.05, 0.1) is 7.11 Å². The molecule has 30 heavy (non-hydrogen) atoms. The lowest BCUT2D eigenvalue weighted by atomic mass is 10.1.